The van der Waals surface area contributed by atoms with Gasteiger partial charge in [-0.15, -0.1) is 0 Å². The number of aryl methyl sites for hydroxylation is 1. The van der Waals surface area contributed by atoms with E-state index in [0.29, 0.717) is 11.6 Å². The number of amides is 1. The zero-order chi connectivity index (χ0) is 16.5. The fourth-order valence-electron chi connectivity index (χ4n) is 3.37. The van der Waals surface area contributed by atoms with Gasteiger partial charge in [0.1, 0.15) is 11.3 Å². The van der Waals surface area contributed by atoms with Crippen LogP contribution in [0.15, 0.2) is 36.9 Å². The fourth-order valence-corrected chi connectivity index (χ4v) is 3.37. The fraction of sp³-hybridized carbons (Fsp3) is 0.333. The second kappa shape index (κ2) is 6.03. The highest BCUT2D eigenvalue weighted by Crippen LogP contribution is 2.32. The minimum Gasteiger partial charge on any atom is -0.346 e. The lowest BCUT2D eigenvalue weighted by Crippen LogP contribution is -2.38. The van der Waals surface area contributed by atoms with Crippen LogP contribution in [0.2, 0.25) is 0 Å². The van der Waals surface area contributed by atoms with E-state index in [1.807, 2.05) is 17.9 Å². The van der Waals surface area contributed by atoms with Gasteiger partial charge in [0.05, 0.1) is 11.9 Å². The van der Waals surface area contributed by atoms with Gasteiger partial charge in [-0.2, -0.15) is 0 Å². The SMILES string of the molecule is Cc1cnc(C(=O)N2CCC(c3c[nH]c4ncccc34)CC2)cn1. The van der Waals surface area contributed by atoms with E-state index in [2.05, 4.69) is 32.2 Å². The number of nitrogens with zero attached hydrogens (tertiary/aromatic N) is 4. The van der Waals surface area contributed by atoms with Crippen LogP contribution in [0.5, 0.6) is 0 Å². The molecule has 1 aliphatic heterocycles. The predicted molar refractivity (Wildman–Crippen MR) is 90.7 cm³/mol. The van der Waals surface area contributed by atoms with Gasteiger partial charge in [-0.25, -0.2) is 9.97 Å². The molecular formula is C18H19N5O. The Morgan fingerprint density at radius 1 is 1.21 bits per heavy atom. The third-order valence-corrected chi connectivity index (χ3v) is 4.71. The molecule has 1 fully saturated rings. The van der Waals surface area contributed by atoms with Crippen LogP contribution in [0.25, 0.3) is 11.0 Å². The Morgan fingerprint density at radius 2 is 2.04 bits per heavy atom. The normalized spacial score (nSPS) is 15.8. The maximum atomic E-state index is 12.5. The van der Waals surface area contributed by atoms with Crippen molar-refractivity contribution < 1.29 is 4.79 Å². The molecule has 3 aromatic heterocycles. The standard InChI is InChI=1S/C18H19N5O/c1-12-9-21-16(11-20-12)18(24)23-7-4-13(5-8-23)15-10-22-17-14(15)3-2-6-19-17/h2-3,6,9-11,13H,4-5,7-8H2,1H3,(H,19,22). The van der Waals surface area contributed by atoms with Crippen molar-refractivity contribution in [2.45, 2.75) is 25.7 Å². The van der Waals surface area contributed by atoms with E-state index < -0.39 is 0 Å². The van der Waals surface area contributed by atoms with Gasteiger partial charge in [-0.05, 0) is 43.4 Å². The summed E-state index contributed by atoms with van der Waals surface area (Å²) in [4.78, 5) is 30.4. The molecule has 3 aromatic rings. The first-order chi connectivity index (χ1) is 11.7. The molecule has 1 amide bonds. The second-order valence-corrected chi connectivity index (χ2v) is 6.25. The number of aromatic amines is 1. The zero-order valence-corrected chi connectivity index (χ0v) is 13.6. The van der Waals surface area contributed by atoms with E-state index in [4.69, 9.17) is 0 Å². The van der Waals surface area contributed by atoms with E-state index in [1.54, 1.807) is 18.6 Å². The smallest absolute Gasteiger partial charge is 0.274 e. The number of piperidine rings is 1. The second-order valence-electron chi connectivity index (χ2n) is 6.25. The molecule has 0 atom stereocenters. The largest absolute Gasteiger partial charge is 0.346 e. The maximum absolute atomic E-state index is 12.5. The zero-order valence-electron chi connectivity index (χ0n) is 13.6. The van der Waals surface area contributed by atoms with E-state index in [9.17, 15) is 4.79 Å². The molecule has 1 N–H and O–H groups in total. The van der Waals surface area contributed by atoms with Gasteiger partial charge in [-0.1, -0.05) is 0 Å². The summed E-state index contributed by atoms with van der Waals surface area (Å²) in [6.45, 7) is 3.35. The van der Waals surface area contributed by atoms with E-state index in [0.717, 1.165) is 37.3 Å². The number of hydrogen-bond donors (Lipinski definition) is 1. The molecular weight excluding hydrogens is 302 g/mol. The van der Waals surface area contributed by atoms with Gasteiger partial charge >= 0.3 is 0 Å². The van der Waals surface area contributed by atoms with Crippen LogP contribution < -0.4 is 0 Å². The summed E-state index contributed by atoms with van der Waals surface area (Å²) >= 11 is 0. The van der Waals surface area contributed by atoms with Crippen LogP contribution >= 0.6 is 0 Å². The molecule has 122 valence electrons. The average Bonchev–Trinajstić information content (AvgIpc) is 3.06. The Bertz CT molecular complexity index is 863. The maximum Gasteiger partial charge on any atom is 0.274 e. The molecule has 0 aliphatic carbocycles. The number of carbonyl (C=O) groups excluding carboxylic acids is 1. The number of fused-ring (bicyclic) bond motifs is 1. The molecule has 4 heterocycles. The lowest BCUT2D eigenvalue weighted by Gasteiger charge is -2.31. The van der Waals surface area contributed by atoms with E-state index >= 15 is 0 Å². The van der Waals surface area contributed by atoms with Crippen molar-refractivity contribution in [1.29, 1.82) is 0 Å². The first kappa shape index (κ1) is 14.8. The summed E-state index contributed by atoms with van der Waals surface area (Å²) in [5.41, 5.74) is 3.48. The highest BCUT2D eigenvalue weighted by molar-refractivity contribution is 5.92. The van der Waals surface area contributed by atoms with E-state index in [1.165, 1.54) is 10.9 Å². The average molecular weight is 321 g/mol. The number of aromatic nitrogens is 4. The van der Waals surface area contributed by atoms with Crippen LogP contribution in [-0.2, 0) is 0 Å². The van der Waals surface area contributed by atoms with E-state index in [-0.39, 0.29) is 5.91 Å². The van der Waals surface area contributed by atoms with Crippen molar-refractivity contribution in [2.75, 3.05) is 13.1 Å². The van der Waals surface area contributed by atoms with Crippen molar-refractivity contribution in [3.63, 3.8) is 0 Å². The van der Waals surface area contributed by atoms with Crippen LogP contribution in [0, 0.1) is 6.92 Å². The molecule has 1 saturated heterocycles. The third-order valence-electron chi connectivity index (χ3n) is 4.71. The van der Waals surface area contributed by atoms with Crippen LogP contribution in [-0.4, -0.2) is 43.8 Å². The summed E-state index contributed by atoms with van der Waals surface area (Å²) in [6.07, 6.45) is 8.96. The molecule has 0 spiro atoms. The molecule has 4 rings (SSSR count). The highest BCUT2D eigenvalue weighted by Gasteiger charge is 2.26. The number of pyridine rings is 1. The summed E-state index contributed by atoms with van der Waals surface area (Å²) in [5.74, 6) is 0.428. The van der Waals surface area contributed by atoms with Gasteiger partial charge in [0.25, 0.3) is 5.91 Å². The molecule has 6 nitrogen and oxygen atoms in total. The Kier molecular flexibility index (Phi) is 3.72. The molecule has 0 unspecified atom stereocenters. The van der Waals surface area contributed by atoms with Gasteiger partial charge in [0.2, 0.25) is 0 Å². The molecule has 0 bridgehead atoms. The Morgan fingerprint density at radius 3 is 2.79 bits per heavy atom. The lowest BCUT2D eigenvalue weighted by molar-refractivity contribution is 0.0707. The van der Waals surface area contributed by atoms with Crippen LogP contribution in [0.4, 0.5) is 0 Å². The molecule has 0 aromatic carbocycles. The molecule has 24 heavy (non-hydrogen) atoms. The van der Waals surface area contributed by atoms with Crippen molar-refractivity contribution >= 4 is 16.9 Å². The van der Waals surface area contributed by atoms with Crippen LogP contribution in [0.1, 0.15) is 40.5 Å². The number of likely N-dealkylation sites (tertiary alicyclic amines) is 1. The van der Waals surface area contributed by atoms with Gasteiger partial charge in [0, 0.05) is 37.1 Å². The Hall–Kier alpha value is -2.76. The molecule has 6 heteroatoms. The number of rotatable bonds is 2. The van der Waals surface area contributed by atoms with Gasteiger partial charge < -0.3 is 9.88 Å². The van der Waals surface area contributed by atoms with Gasteiger partial charge in [-0.3, -0.25) is 9.78 Å². The number of carbonyl (C=O) groups is 1. The van der Waals surface area contributed by atoms with Gasteiger partial charge in [0.15, 0.2) is 0 Å². The van der Waals surface area contributed by atoms with Crippen molar-refractivity contribution in [1.82, 2.24) is 24.8 Å². The topological polar surface area (TPSA) is 74.8 Å². The first-order valence-electron chi connectivity index (χ1n) is 8.22. The summed E-state index contributed by atoms with van der Waals surface area (Å²) in [5, 5.41) is 1.19. The number of nitrogens with one attached hydrogen (secondary N) is 1. The highest BCUT2D eigenvalue weighted by atomic mass is 16.2. The molecule has 0 radical (unpaired) electrons. The monoisotopic (exact) mass is 321 g/mol. The first-order valence-corrected chi connectivity index (χ1v) is 8.22. The molecule has 0 saturated carbocycles. The minimum absolute atomic E-state index is 0.0263. The van der Waals surface area contributed by atoms with Crippen molar-refractivity contribution in [3.8, 4) is 0 Å². The number of hydrogen-bond acceptors (Lipinski definition) is 4. The summed E-state index contributed by atoms with van der Waals surface area (Å²) < 4.78 is 0. The lowest BCUT2D eigenvalue weighted by atomic mass is 9.89. The predicted octanol–water partition coefficient (Wildman–Crippen LogP) is 2.68. The quantitative estimate of drug-likeness (QED) is 0.787. The Balaban J connectivity index is 1.47. The van der Waals surface area contributed by atoms with Crippen molar-refractivity contribution in [3.05, 3.63) is 53.9 Å². The van der Waals surface area contributed by atoms with Crippen molar-refractivity contribution in [2.24, 2.45) is 0 Å². The third kappa shape index (κ3) is 2.64. The Labute approximate surface area is 140 Å². The summed E-state index contributed by atoms with van der Waals surface area (Å²) in [7, 11) is 0. The minimum atomic E-state index is -0.0263. The van der Waals surface area contributed by atoms with Crippen LogP contribution in [0.3, 0.4) is 0 Å². The molecule has 1 aliphatic rings. The number of H-pyrrole nitrogens is 1. The summed E-state index contributed by atoms with van der Waals surface area (Å²) in [6, 6.07) is 4.07.